The minimum absolute atomic E-state index is 0.0431. The number of anilines is 3. The highest BCUT2D eigenvalue weighted by Crippen LogP contribution is 2.34. The van der Waals surface area contributed by atoms with Crippen LogP contribution in [0.2, 0.25) is 0 Å². The molecule has 1 fully saturated rings. The van der Waals surface area contributed by atoms with Crippen LogP contribution in [0, 0.1) is 0 Å². The van der Waals surface area contributed by atoms with Crippen LogP contribution in [0.5, 0.6) is 5.75 Å². The molecular weight excluding hydrogens is 551 g/mol. The lowest BCUT2D eigenvalue weighted by atomic mass is 9.84. The van der Waals surface area contributed by atoms with Gasteiger partial charge in [-0.1, -0.05) is 48.6 Å². The maximum atomic E-state index is 13.5. The maximum absolute atomic E-state index is 13.5. The fourth-order valence-corrected chi connectivity index (χ4v) is 4.91. The third-order valence-electron chi connectivity index (χ3n) is 6.99. The summed E-state index contributed by atoms with van der Waals surface area (Å²) in [5, 5.41) is 18.3. The van der Waals surface area contributed by atoms with Crippen molar-refractivity contribution < 1.29 is 27.5 Å². The smallest absolute Gasteiger partial charge is 0.406 e. The number of rotatable bonds is 8. The van der Waals surface area contributed by atoms with Crippen LogP contribution in [-0.4, -0.2) is 38.9 Å². The quantitative estimate of drug-likeness (QED) is 0.215. The van der Waals surface area contributed by atoms with Crippen molar-refractivity contribution in [1.82, 2.24) is 20.6 Å². The molecule has 218 valence electrons. The summed E-state index contributed by atoms with van der Waals surface area (Å²) in [5.74, 6) is -0.270. The number of urea groups is 1. The van der Waals surface area contributed by atoms with Gasteiger partial charge >= 0.3 is 12.4 Å². The highest BCUT2D eigenvalue weighted by Gasteiger charge is 2.31. The lowest BCUT2D eigenvalue weighted by Crippen LogP contribution is -2.34. The number of aromatic amines is 1. The van der Waals surface area contributed by atoms with E-state index in [2.05, 4.69) is 36.0 Å². The summed E-state index contributed by atoms with van der Waals surface area (Å²) < 4.78 is 41.5. The number of H-pyrrole nitrogens is 1. The Kier molecular flexibility index (Phi) is 8.65. The number of alkyl halides is 3. The zero-order valence-electron chi connectivity index (χ0n) is 22.4. The normalized spacial score (nSPS) is 13.8. The molecule has 0 radical (unpaired) electrons. The Morgan fingerprint density at radius 3 is 2.21 bits per heavy atom. The van der Waals surface area contributed by atoms with E-state index in [9.17, 15) is 22.8 Å². The average Bonchev–Trinajstić information content (AvgIpc) is 3.50. The van der Waals surface area contributed by atoms with E-state index in [4.69, 9.17) is 0 Å². The van der Waals surface area contributed by atoms with Crippen LogP contribution in [0.15, 0.2) is 72.8 Å². The number of ether oxygens (including phenoxy) is 1. The van der Waals surface area contributed by atoms with E-state index in [0.29, 0.717) is 22.9 Å². The van der Waals surface area contributed by atoms with Crippen LogP contribution in [0.3, 0.4) is 0 Å². The summed E-state index contributed by atoms with van der Waals surface area (Å²) in [4.78, 5) is 27.5. The van der Waals surface area contributed by atoms with E-state index in [1.165, 1.54) is 41.9 Å². The molecule has 3 aromatic carbocycles. The maximum Gasteiger partial charge on any atom is 0.573 e. The Morgan fingerprint density at radius 2 is 1.60 bits per heavy atom. The topological polar surface area (TPSA) is 125 Å². The van der Waals surface area contributed by atoms with Gasteiger partial charge in [0.05, 0.1) is 6.54 Å². The number of nitrogens with zero attached hydrogens (tertiary/aromatic N) is 4. The van der Waals surface area contributed by atoms with Crippen molar-refractivity contribution in [2.24, 2.45) is 0 Å². The van der Waals surface area contributed by atoms with E-state index in [-0.39, 0.29) is 18.2 Å². The molecule has 1 heterocycles. The summed E-state index contributed by atoms with van der Waals surface area (Å²) in [6.45, 7) is 0.163. The Bertz CT molecular complexity index is 1470. The average molecular weight is 580 g/mol. The van der Waals surface area contributed by atoms with Gasteiger partial charge in [-0.3, -0.25) is 15.0 Å². The first-order valence-electron chi connectivity index (χ1n) is 13.4. The molecule has 1 aliphatic carbocycles. The second-order valence-corrected chi connectivity index (χ2v) is 9.90. The molecule has 42 heavy (non-hydrogen) atoms. The van der Waals surface area contributed by atoms with Crippen molar-refractivity contribution >= 4 is 29.3 Å². The minimum atomic E-state index is -4.81. The molecule has 5 rings (SSSR count). The number of amides is 3. The van der Waals surface area contributed by atoms with Crippen molar-refractivity contribution in [2.45, 2.75) is 50.9 Å². The van der Waals surface area contributed by atoms with Gasteiger partial charge in [-0.2, -0.15) is 5.21 Å². The van der Waals surface area contributed by atoms with Crippen molar-refractivity contribution in [3.63, 3.8) is 0 Å². The van der Waals surface area contributed by atoms with Crippen LogP contribution < -0.4 is 20.3 Å². The summed E-state index contributed by atoms with van der Waals surface area (Å²) in [5.41, 5.74) is 3.27. The second kappa shape index (κ2) is 12.7. The monoisotopic (exact) mass is 579 g/mol. The number of hydrogen-bond donors (Lipinski definition) is 3. The van der Waals surface area contributed by atoms with Crippen LogP contribution in [0.25, 0.3) is 0 Å². The molecule has 0 saturated heterocycles. The number of tetrazole rings is 1. The number of nitrogens with one attached hydrogen (secondary N) is 3. The highest BCUT2D eigenvalue weighted by molar-refractivity contribution is 6.03. The predicted molar refractivity (Wildman–Crippen MR) is 149 cm³/mol. The number of halogens is 3. The minimum Gasteiger partial charge on any atom is -0.406 e. The molecule has 13 heteroatoms. The first kappa shape index (κ1) is 28.6. The van der Waals surface area contributed by atoms with E-state index in [0.717, 1.165) is 30.5 Å². The van der Waals surface area contributed by atoms with Crippen molar-refractivity contribution in [3.8, 4) is 5.75 Å². The molecule has 0 unspecified atom stereocenters. The van der Waals surface area contributed by atoms with Gasteiger partial charge in [0.2, 0.25) is 0 Å². The molecule has 1 saturated carbocycles. The van der Waals surface area contributed by atoms with Gasteiger partial charge in [-0.05, 0) is 83.6 Å². The van der Waals surface area contributed by atoms with Gasteiger partial charge in [0, 0.05) is 16.9 Å². The molecular formula is C29H28F3N7O3. The number of carbonyl (C=O) groups excluding carboxylic acids is 2. The summed E-state index contributed by atoms with van der Waals surface area (Å²) in [6.07, 6.45) is 1.14. The Morgan fingerprint density at radius 1 is 0.905 bits per heavy atom. The molecule has 0 aliphatic heterocycles. The number of carbonyl (C=O) groups is 2. The molecule has 3 N–H and O–H groups in total. The SMILES string of the molecule is O=C(Nc1nn[nH]n1)c1ccc(CN(C(=O)Nc2ccc(OC(F)(F)F)cc2)c2ccc(C3CCCCC3)cc2)cc1. The Labute approximate surface area is 239 Å². The Hall–Kier alpha value is -4.94. The fraction of sp³-hybridized carbons (Fsp3) is 0.276. The fourth-order valence-electron chi connectivity index (χ4n) is 4.91. The third-order valence-corrected chi connectivity index (χ3v) is 6.99. The van der Waals surface area contributed by atoms with Gasteiger partial charge in [0.25, 0.3) is 11.9 Å². The third kappa shape index (κ3) is 7.62. The van der Waals surface area contributed by atoms with Gasteiger partial charge in [-0.15, -0.1) is 18.3 Å². The lowest BCUT2D eigenvalue weighted by molar-refractivity contribution is -0.274. The molecule has 1 aliphatic rings. The van der Waals surface area contributed by atoms with E-state index in [1.54, 1.807) is 24.3 Å². The molecule has 4 aromatic rings. The number of benzene rings is 3. The predicted octanol–water partition coefficient (Wildman–Crippen LogP) is 6.64. The second-order valence-electron chi connectivity index (χ2n) is 9.90. The molecule has 0 bridgehead atoms. The Balaban J connectivity index is 1.33. The van der Waals surface area contributed by atoms with Crippen molar-refractivity contribution in [2.75, 3.05) is 15.5 Å². The molecule has 3 amide bonds. The van der Waals surface area contributed by atoms with Crippen molar-refractivity contribution in [1.29, 1.82) is 0 Å². The summed E-state index contributed by atoms with van der Waals surface area (Å²) >= 11 is 0. The van der Waals surface area contributed by atoms with E-state index < -0.39 is 18.3 Å². The number of hydrogen-bond acceptors (Lipinski definition) is 6. The largest absolute Gasteiger partial charge is 0.573 e. The molecule has 1 aromatic heterocycles. The van der Waals surface area contributed by atoms with Gasteiger partial charge in [-0.25, -0.2) is 4.79 Å². The van der Waals surface area contributed by atoms with Gasteiger partial charge in [0.1, 0.15) is 5.75 Å². The van der Waals surface area contributed by atoms with Crippen LogP contribution in [-0.2, 0) is 6.54 Å². The van der Waals surface area contributed by atoms with E-state index in [1.807, 2.05) is 24.3 Å². The van der Waals surface area contributed by atoms with Gasteiger partial charge < -0.3 is 10.1 Å². The summed E-state index contributed by atoms with van der Waals surface area (Å²) in [7, 11) is 0. The number of aromatic nitrogens is 4. The first-order chi connectivity index (χ1) is 20.2. The van der Waals surface area contributed by atoms with Crippen LogP contribution >= 0.6 is 0 Å². The van der Waals surface area contributed by atoms with Crippen LogP contribution in [0.4, 0.5) is 35.3 Å². The highest BCUT2D eigenvalue weighted by atomic mass is 19.4. The zero-order chi connectivity index (χ0) is 29.5. The first-order valence-corrected chi connectivity index (χ1v) is 13.4. The van der Waals surface area contributed by atoms with E-state index >= 15 is 0 Å². The van der Waals surface area contributed by atoms with Crippen molar-refractivity contribution in [3.05, 3.63) is 89.5 Å². The molecule has 10 nitrogen and oxygen atoms in total. The standard InChI is InChI=1S/C29H28F3N7O3/c30-29(31,32)42-25-16-12-23(13-17-25)33-28(41)39(24-14-10-21(11-15-24)20-4-2-1-3-5-20)18-19-6-8-22(9-7-19)26(40)34-27-35-37-38-36-27/h6-17,20H,1-5,18H2,(H,33,41)(H2,34,35,36,37,38,40). The lowest BCUT2D eigenvalue weighted by Gasteiger charge is -2.26. The molecule has 0 spiro atoms. The molecule has 0 atom stereocenters. The van der Waals surface area contributed by atoms with Gasteiger partial charge in [0.15, 0.2) is 0 Å². The zero-order valence-corrected chi connectivity index (χ0v) is 22.4. The summed E-state index contributed by atoms with van der Waals surface area (Å²) in [6, 6.07) is 19.0. The van der Waals surface area contributed by atoms with Crippen LogP contribution in [0.1, 0.15) is 59.5 Å².